The van der Waals surface area contributed by atoms with Crippen LogP contribution in [0.3, 0.4) is 0 Å². The van der Waals surface area contributed by atoms with E-state index in [1.54, 1.807) is 6.20 Å². The quantitative estimate of drug-likeness (QED) is 0.818. The molecule has 1 aliphatic rings. The summed E-state index contributed by atoms with van der Waals surface area (Å²) in [5, 5.41) is 0. The first-order valence-corrected chi connectivity index (χ1v) is 5.49. The van der Waals surface area contributed by atoms with E-state index < -0.39 is 0 Å². The van der Waals surface area contributed by atoms with Crippen molar-refractivity contribution < 1.29 is 4.79 Å². The molecule has 0 bridgehead atoms. The van der Waals surface area contributed by atoms with Gasteiger partial charge in [-0.2, -0.15) is 0 Å². The van der Waals surface area contributed by atoms with Gasteiger partial charge in [0.1, 0.15) is 11.6 Å². The van der Waals surface area contributed by atoms with Crippen LogP contribution in [0.15, 0.2) is 18.3 Å². The molecule has 1 saturated carbocycles. The van der Waals surface area contributed by atoms with Gasteiger partial charge in [-0.05, 0) is 18.9 Å². The number of Topliss-reactive ketones (excluding diaryl/α,β-unsaturated/α-hetero) is 1. The van der Waals surface area contributed by atoms with Gasteiger partial charge in [-0.25, -0.2) is 4.98 Å². The number of hydrogen-bond acceptors (Lipinski definition) is 3. The summed E-state index contributed by atoms with van der Waals surface area (Å²) in [6.45, 7) is 0. The normalized spacial score (nSPS) is 16.8. The summed E-state index contributed by atoms with van der Waals surface area (Å²) < 4.78 is 0. The molecule has 0 spiro atoms. The van der Waals surface area contributed by atoms with Gasteiger partial charge < -0.3 is 5.73 Å². The zero-order valence-corrected chi connectivity index (χ0v) is 8.78. The van der Waals surface area contributed by atoms with E-state index >= 15 is 0 Å². The zero-order valence-electron chi connectivity index (χ0n) is 8.78. The number of ketones is 1. The number of carbonyl (C=O) groups excluding carboxylic acids is 1. The summed E-state index contributed by atoms with van der Waals surface area (Å²) in [5.74, 6) is 1.08. The molecule has 1 fully saturated rings. The molecule has 1 aromatic rings. The zero-order chi connectivity index (χ0) is 10.7. The van der Waals surface area contributed by atoms with E-state index in [9.17, 15) is 4.79 Å². The molecule has 0 aliphatic heterocycles. The third-order valence-electron chi connectivity index (χ3n) is 3.10. The minimum atomic E-state index is 0.268. The van der Waals surface area contributed by atoms with E-state index in [2.05, 4.69) is 4.98 Å². The predicted octanol–water partition coefficient (Wildman–Crippen LogP) is 1.97. The molecule has 3 nitrogen and oxygen atoms in total. The molecule has 0 atom stereocenters. The van der Waals surface area contributed by atoms with E-state index in [4.69, 9.17) is 5.73 Å². The van der Waals surface area contributed by atoms with Crippen LogP contribution >= 0.6 is 0 Å². The molecular formula is C12H16N2O. The van der Waals surface area contributed by atoms with Crippen LogP contribution in [0.4, 0.5) is 5.82 Å². The first-order valence-electron chi connectivity index (χ1n) is 5.49. The van der Waals surface area contributed by atoms with Crippen LogP contribution in [0.5, 0.6) is 0 Å². The monoisotopic (exact) mass is 204 g/mol. The smallest absolute Gasteiger partial charge is 0.140 e. The Morgan fingerprint density at radius 2 is 2.20 bits per heavy atom. The SMILES string of the molecule is Nc1ncccc1CC(=O)C1CCCC1. The highest BCUT2D eigenvalue weighted by Gasteiger charge is 2.22. The topological polar surface area (TPSA) is 56.0 Å². The molecule has 3 heteroatoms. The average molecular weight is 204 g/mol. The lowest BCUT2D eigenvalue weighted by molar-refractivity contribution is -0.122. The number of carbonyl (C=O) groups is 1. The van der Waals surface area contributed by atoms with Crippen LogP contribution in [-0.4, -0.2) is 10.8 Å². The highest BCUT2D eigenvalue weighted by atomic mass is 16.1. The summed E-state index contributed by atoms with van der Waals surface area (Å²) in [6.07, 6.45) is 6.60. The first-order chi connectivity index (χ1) is 7.27. The number of pyridine rings is 1. The summed E-state index contributed by atoms with van der Waals surface area (Å²) >= 11 is 0. The van der Waals surface area contributed by atoms with E-state index in [1.165, 1.54) is 12.8 Å². The van der Waals surface area contributed by atoms with Crippen molar-refractivity contribution in [2.75, 3.05) is 5.73 Å². The van der Waals surface area contributed by atoms with Crippen molar-refractivity contribution in [3.8, 4) is 0 Å². The number of anilines is 1. The predicted molar refractivity (Wildman–Crippen MR) is 59.3 cm³/mol. The average Bonchev–Trinajstić information content (AvgIpc) is 2.74. The van der Waals surface area contributed by atoms with E-state index in [0.717, 1.165) is 18.4 Å². The molecule has 2 rings (SSSR count). The van der Waals surface area contributed by atoms with Gasteiger partial charge in [-0.1, -0.05) is 18.9 Å². The Hall–Kier alpha value is -1.38. The number of nitrogen functional groups attached to an aromatic ring is 1. The minimum absolute atomic E-state index is 0.268. The number of rotatable bonds is 3. The van der Waals surface area contributed by atoms with Gasteiger partial charge >= 0.3 is 0 Å². The number of nitrogens with two attached hydrogens (primary N) is 1. The third kappa shape index (κ3) is 2.35. The largest absolute Gasteiger partial charge is 0.383 e. The Balaban J connectivity index is 2.02. The Bertz CT molecular complexity index is 356. The summed E-state index contributed by atoms with van der Waals surface area (Å²) in [5.41, 5.74) is 6.57. The van der Waals surface area contributed by atoms with Gasteiger partial charge in [0.05, 0.1) is 0 Å². The molecule has 1 aromatic heterocycles. The van der Waals surface area contributed by atoms with E-state index in [-0.39, 0.29) is 5.92 Å². The summed E-state index contributed by atoms with van der Waals surface area (Å²) in [7, 11) is 0. The number of hydrogen-bond donors (Lipinski definition) is 1. The molecule has 0 saturated heterocycles. The van der Waals surface area contributed by atoms with E-state index in [0.29, 0.717) is 18.0 Å². The Labute approximate surface area is 89.7 Å². The van der Waals surface area contributed by atoms with E-state index in [1.807, 2.05) is 12.1 Å². The second kappa shape index (κ2) is 4.43. The highest BCUT2D eigenvalue weighted by Crippen LogP contribution is 2.26. The molecule has 15 heavy (non-hydrogen) atoms. The van der Waals surface area contributed by atoms with Gasteiger partial charge in [0.15, 0.2) is 0 Å². The molecule has 80 valence electrons. The van der Waals surface area contributed by atoms with Crippen molar-refractivity contribution in [3.05, 3.63) is 23.9 Å². The first kappa shape index (κ1) is 10.1. The molecular weight excluding hydrogens is 188 g/mol. The summed E-state index contributed by atoms with van der Waals surface area (Å²) in [6, 6.07) is 3.71. The van der Waals surface area contributed by atoms with Gasteiger partial charge in [0.2, 0.25) is 0 Å². The maximum Gasteiger partial charge on any atom is 0.140 e. The Morgan fingerprint density at radius 1 is 1.47 bits per heavy atom. The highest BCUT2D eigenvalue weighted by molar-refractivity contribution is 5.84. The fraction of sp³-hybridized carbons (Fsp3) is 0.500. The fourth-order valence-corrected chi connectivity index (χ4v) is 2.18. The maximum absolute atomic E-state index is 11.9. The van der Waals surface area contributed by atoms with Gasteiger partial charge in [0.25, 0.3) is 0 Å². The summed E-state index contributed by atoms with van der Waals surface area (Å²) in [4.78, 5) is 15.9. The minimum Gasteiger partial charge on any atom is -0.383 e. The second-order valence-electron chi connectivity index (χ2n) is 4.17. The molecule has 1 heterocycles. The van der Waals surface area contributed by atoms with Crippen molar-refractivity contribution in [3.63, 3.8) is 0 Å². The molecule has 0 unspecified atom stereocenters. The van der Waals surface area contributed by atoms with Crippen molar-refractivity contribution in [2.24, 2.45) is 5.92 Å². The fourth-order valence-electron chi connectivity index (χ4n) is 2.18. The van der Waals surface area contributed by atoms with Gasteiger partial charge in [-0.3, -0.25) is 4.79 Å². The lowest BCUT2D eigenvalue weighted by Gasteiger charge is -2.08. The number of aromatic nitrogens is 1. The van der Waals surface area contributed by atoms with Crippen LogP contribution in [0, 0.1) is 5.92 Å². The lowest BCUT2D eigenvalue weighted by atomic mass is 9.97. The Kier molecular flexibility index (Phi) is 2.99. The van der Waals surface area contributed by atoms with Crippen molar-refractivity contribution in [1.29, 1.82) is 0 Å². The van der Waals surface area contributed by atoms with Crippen molar-refractivity contribution in [2.45, 2.75) is 32.1 Å². The molecule has 2 N–H and O–H groups in total. The Morgan fingerprint density at radius 3 is 2.87 bits per heavy atom. The second-order valence-corrected chi connectivity index (χ2v) is 4.17. The van der Waals surface area contributed by atoms with Crippen molar-refractivity contribution >= 4 is 11.6 Å². The molecule has 0 aromatic carbocycles. The van der Waals surface area contributed by atoms with Crippen LogP contribution < -0.4 is 5.73 Å². The van der Waals surface area contributed by atoms with Gasteiger partial charge in [0, 0.05) is 24.1 Å². The van der Waals surface area contributed by atoms with Crippen LogP contribution in [-0.2, 0) is 11.2 Å². The molecule has 0 radical (unpaired) electrons. The van der Waals surface area contributed by atoms with Gasteiger partial charge in [-0.15, -0.1) is 0 Å². The number of nitrogens with zero attached hydrogens (tertiary/aromatic N) is 1. The maximum atomic E-state index is 11.9. The van der Waals surface area contributed by atoms with Crippen LogP contribution in [0.2, 0.25) is 0 Å². The molecule has 0 amide bonds. The molecule has 1 aliphatic carbocycles. The van der Waals surface area contributed by atoms with Crippen molar-refractivity contribution in [1.82, 2.24) is 4.98 Å². The van der Waals surface area contributed by atoms with Crippen LogP contribution in [0.1, 0.15) is 31.2 Å². The lowest BCUT2D eigenvalue weighted by Crippen LogP contribution is -2.14. The standard InChI is InChI=1S/C12H16N2O/c13-12-10(6-3-7-14-12)8-11(15)9-4-1-2-5-9/h3,6-7,9H,1-2,4-5,8H2,(H2,13,14). The third-order valence-corrected chi connectivity index (χ3v) is 3.10. The van der Waals surface area contributed by atoms with Crippen LogP contribution in [0.25, 0.3) is 0 Å².